The Morgan fingerprint density at radius 3 is 0.949 bits per heavy atom. The third-order valence-electron chi connectivity index (χ3n) is 27.7. The van der Waals surface area contributed by atoms with E-state index in [1.807, 2.05) is 0 Å². The van der Waals surface area contributed by atoms with Crippen LogP contribution in [0.15, 0.2) is 279 Å². The maximum atomic E-state index is 2.55. The molecule has 14 aromatic rings. The monoisotopic (exact) mass is 1270 g/mol. The molecule has 0 unspecified atom stereocenters. The van der Waals surface area contributed by atoms with Gasteiger partial charge in [0, 0.05) is 16.2 Å². The van der Waals surface area contributed by atoms with Crippen molar-refractivity contribution in [3.8, 4) is 89.0 Å². The molecule has 0 radical (unpaired) electrons. The van der Waals surface area contributed by atoms with Crippen molar-refractivity contribution in [2.45, 2.75) is 94.3 Å². The Morgan fingerprint density at radius 2 is 0.515 bits per heavy atom. The first kappa shape index (κ1) is 57.1. The molecule has 0 aliphatic heterocycles. The normalized spacial score (nSPS) is 25.2. The Bertz CT molecular complexity index is 5580. The predicted octanol–water partition coefficient (Wildman–Crippen LogP) is 26.1. The van der Waals surface area contributed by atoms with Gasteiger partial charge in [-0.3, -0.25) is 0 Å². The highest BCUT2D eigenvalue weighted by atomic mass is 14.7. The van der Waals surface area contributed by atoms with Crippen molar-refractivity contribution in [1.29, 1.82) is 0 Å². The zero-order chi connectivity index (χ0) is 65.0. The number of hydrogen-bond donors (Lipinski definition) is 0. The maximum absolute atomic E-state index is 2.55. The van der Waals surface area contributed by atoms with Crippen molar-refractivity contribution in [3.63, 3.8) is 0 Å². The Morgan fingerprint density at radius 1 is 0.202 bits per heavy atom. The molecule has 11 aliphatic rings. The van der Waals surface area contributed by atoms with Crippen LogP contribution < -0.4 is 0 Å². The van der Waals surface area contributed by atoms with Crippen molar-refractivity contribution in [2.24, 2.45) is 47.3 Å². The lowest BCUT2D eigenvalue weighted by Crippen LogP contribution is -2.55. The summed E-state index contributed by atoms with van der Waals surface area (Å²) in [7, 11) is 0. The van der Waals surface area contributed by atoms with Crippen LogP contribution in [0.4, 0.5) is 0 Å². The van der Waals surface area contributed by atoms with E-state index in [0.717, 1.165) is 47.3 Å². The van der Waals surface area contributed by atoms with E-state index in [-0.39, 0.29) is 16.2 Å². The number of fused-ring (bicyclic) bond motifs is 13. The Kier molecular flexibility index (Phi) is 12.2. The molecule has 99 heavy (non-hydrogen) atoms. The van der Waals surface area contributed by atoms with Crippen LogP contribution in [0.2, 0.25) is 0 Å². The largest absolute Gasteiger partial charge is 0.0622 e. The van der Waals surface area contributed by atoms with Crippen LogP contribution in [0.3, 0.4) is 0 Å². The summed E-state index contributed by atoms with van der Waals surface area (Å²) in [4.78, 5) is 0. The van der Waals surface area contributed by atoms with E-state index < -0.39 is 0 Å². The number of hydrogen-bond acceptors (Lipinski definition) is 0. The quantitative estimate of drug-likeness (QED) is 0.151. The van der Waals surface area contributed by atoms with E-state index in [0.29, 0.717) is 0 Å². The van der Waals surface area contributed by atoms with E-state index in [2.05, 4.69) is 293 Å². The zero-order valence-electron chi connectivity index (χ0n) is 56.7. The molecule has 0 nitrogen and oxygen atoms in total. The lowest BCUT2D eigenvalue weighted by Gasteiger charge is -2.61. The van der Waals surface area contributed by atoms with Crippen LogP contribution >= 0.6 is 0 Å². The molecule has 14 aromatic carbocycles. The first-order valence-corrected chi connectivity index (χ1v) is 37.6. The van der Waals surface area contributed by atoms with Gasteiger partial charge in [0.2, 0.25) is 0 Å². The molecule has 0 heteroatoms. The molecule has 0 saturated heterocycles. The van der Waals surface area contributed by atoms with Gasteiger partial charge in [0.25, 0.3) is 0 Å². The average Bonchev–Trinajstić information content (AvgIpc) is 1.54. The van der Waals surface area contributed by atoms with Gasteiger partial charge < -0.3 is 0 Å². The first-order valence-electron chi connectivity index (χ1n) is 37.6. The second kappa shape index (κ2) is 21.1. The first-order chi connectivity index (χ1) is 48.8. The highest BCUT2D eigenvalue weighted by Crippen LogP contribution is 2.72. The summed E-state index contributed by atoms with van der Waals surface area (Å²) in [6.45, 7) is 4.79. The number of rotatable bonds is 5. The molecule has 8 bridgehead atoms. The van der Waals surface area contributed by atoms with Gasteiger partial charge in [0.1, 0.15) is 0 Å². The molecule has 8 fully saturated rings. The Hall–Kier alpha value is -9.88. The highest BCUT2D eigenvalue weighted by Gasteiger charge is 2.63. The van der Waals surface area contributed by atoms with Crippen LogP contribution in [0.5, 0.6) is 0 Å². The molecule has 0 atom stereocenters. The van der Waals surface area contributed by atoms with Gasteiger partial charge in [-0.05, 0) is 283 Å². The summed E-state index contributed by atoms with van der Waals surface area (Å²) in [5.74, 6) is 6.81. The molecular formula is C99H80. The fraction of sp³-hybridized carbons (Fsp3) is 0.232. The van der Waals surface area contributed by atoms with E-state index in [4.69, 9.17) is 0 Å². The van der Waals surface area contributed by atoms with Gasteiger partial charge in [0.05, 0.1) is 0 Å². The minimum absolute atomic E-state index is 0.0423. The SMILES string of the molecule is CC1(C)c2ccccc2-c2ccc(-c3c4ccccc4c(-c4cccc5c4-c4ccccc4C54C5CC6CC(C5)CC4C6)c4ccccc34)cc21.c1ccc(-c2ccccc2-c2c3ccccc3c(-c3cccc4c3-c3ccccc3C43C4CC5CC(C4)CC3C5)c3ccccc23)cc1. The molecule has 0 N–H and O–H groups in total. The molecule has 8 saturated carbocycles. The van der Waals surface area contributed by atoms with Gasteiger partial charge in [0.15, 0.2) is 0 Å². The zero-order valence-corrected chi connectivity index (χ0v) is 56.7. The third kappa shape index (κ3) is 7.71. The van der Waals surface area contributed by atoms with Crippen molar-refractivity contribution in [1.82, 2.24) is 0 Å². The van der Waals surface area contributed by atoms with E-state index in [1.54, 1.807) is 22.3 Å². The molecule has 0 aromatic heterocycles. The summed E-state index contributed by atoms with van der Waals surface area (Å²) in [5.41, 5.74) is 31.8. The standard InChI is InChI=1S/C51H42.C48H38/c1-50(2)43-19-9-7-12-35(43)36-23-22-32(29-46(36)50)47-37-13-3-5-15-39(37)48(40-16-6-4-14-38(40)47)42-18-11-21-45-49(42)41-17-8-10-20-44(41)51(45)33-25-30-24-31(27-33)28-34(51)26-30;1-2-13-32(14-3-1)35-15-4-5-16-36(35)45-37-17-6-8-19-39(37)46(40-20-9-7-18-38(40)45)42-22-12-24-44-47(42)41-21-10-11-23-43(41)48(44)33-26-30-25-31(28-33)29-34(48)27-30/h3-23,29-31,33-34H,24-28H2,1-2H3;1-24,30-31,33-34H,25-29H2. The Labute approximate surface area is 582 Å². The Balaban J connectivity index is 0.000000127. The topological polar surface area (TPSA) is 0 Å². The molecule has 0 heterocycles. The fourth-order valence-electron chi connectivity index (χ4n) is 24.7. The molecular weight excluding hydrogens is 1190 g/mol. The molecule has 25 rings (SSSR count). The average molecular weight is 1270 g/mol. The molecule has 11 aliphatic carbocycles. The van der Waals surface area contributed by atoms with Gasteiger partial charge in [-0.2, -0.15) is 0 Å². The lowest BCUT2D eigenvalue weighted by atomic mass is 9.43. The summed E-state index contributed by atoms with van der Waals surface area (Å²) in [6, 6.07) is 107. The van der Waals surface area contributed by atoms with E-state index in [1.165, 1.54) is 207 Å². The lowest BCUT2D eigenvalue weighted by molar-refractivity contribution is -0.0399. The number of benzene rings is 14. The van der Waals surface area contributed by atoms with Crippen molar-refractivity contribution < 1.29 is 0 Å². The van der Waals surface area contributed by atoms with Crippen LogP contribution in [0.25, 0.3) is 132 Å². The molecule has 2 spiro atoms. The van der Waals surface area contributed by atoms with Gasteiger partial charge in [-0.15, -0.1) is 0 Å². The van der Waals surface area contributed by atoms with Crippen molar-refractivity contribution >= 4 is 43.1 Å². The van der Waals surface area contributed by atoms with Crippen LogP contribution in [-0.2, 0) is 16.2 Å². The second-order valence-corrected chi connectivity index (χ2v) is 32.4. The van der Waals surface area contributed by atoms with Crippen molar-refractivity contribution in [3.05, 3.63) is 312 Å². The van der Waals surface area contributed by atoms with E-state index in [9.17, 15) is 0 Å². The van der Waals surface area contributed by atoms with Crippen LogP contribution in [0.1, 0.15) is 111 Å². The fourth-order valence-corrected chi connectivity index (χ4v) is 24.7. The van der Waals surface area contributed by atoms with Crippen molar-refractivity contribution in [2.75, 3.05) is 0 Å². The maximum Gasteiger partial charge on any atom is 0.0272 e. The van der Waals surface area contributed by atoms with Gasteiger partial charge in [-0.25, -0.2) is 0 Å². The predicted molar refractivity (Wildman–Crippen MR) is 414 cm³/mol. The smallest absolute Gasteiger partial charge is 0.0272 e. The van der Waals surface area contributed by atoms with Gasteiger partial charge in [-0.1, -0.05) is 287 Å². The minimum atomic E-state index is -0.0423. The summed E-state index contributed by atoms with van der Waals surface area (Å²) >= 11 is 0. The van der Waals surface area contributed by atoms with Gasteiger partial charge >= 0.3 is 0 Å². The third-order valence-corrected chi connectivity index (χ3v) is 27.7. The molecule has 0 amide bonds. The summed E-state index contributed by atoms with van der Waals surface area (Å²) in [5, 5.41) is 10.7. The van der Waals surface area contributed by atoms with Crippen LogP contribution in [-0.4, -0.2) is 0 Å². The highest BCUT2D eigenvalue weighted by molar-refractivity contribution is 6.25. The second-order valence-electron chi connectivity index (χ2n) is 32.4. The van der Waals surface area contributed by atoms with E-state index >= 15 is 0 Å². The summed E-state index contributed by atoms with van der Waals surface area (Å²) in [6.07, 6.45) is 14.2. The molecule has 476 valence electrons. The van der Waals surface area contributed by atoms with Crippen LogP contribution in [0, 0.1) is 47.3 Å². The minimum Gasteiger partial charge on any atom is -0.0622 e. The summed E-state index contributed by atoms with van der Waals surface area (Å²) < 4.78 is 0.